The van der Waals surface area contributed by atoms with Crippen LogP contribution in [0.1, 0.15) is 12.5 Å². The third-order valence-electron chi connectivity index (χ3n) is 2.89. The zero-order chi connectivity index (χ0) is 15.6. The van der Waals surface area contributed by atoms with Crippen molar-refractivity contribution in [1.82, 2.24) is 0 Å². The van der Waals surface area contributed by atoms with Crippen molar-refractivity contribution in [2.75, 3.05) is 10.5 Å². The predicted octanol–water partition coefficient (Wildman–Crippen LogP) is 3.42. The van der Waals surface area contributed by atoms with Crippen LogP contribution in [0.4, 0.5) is 15.8 Å². The predicted molar refractivity (Wildman–Crippen MR) is 82.5 cm³/mol. The molecule has 0 amide bonds. The van der Waals surface area contributed by atoms with E-state index in [2.05, 4.69) is 4.72 Å². The highest BCUT2D eigenvalue weighted by molar-refractivity contribution is 7.92. The largest absolute Gasteiger partial charge is 0.399 e. The summed E-state index contributed by atoms with van der Waals surface area (Å²) in [6.07, 6.45) is 0.758. The van der Waals surface area contributed by atoms with Gasteiger partial charge in [-0.1, -0.05) is 30.7 Å². The third-order valence-corrected chi connectivity index (χ3v) is 4.55. The smallest absolute Gasteiger partial charge is 0.264 e. The van der Waals surface area contributed by atoms with E-state index < -0.39 is 20.7 Å². The lowest BCUT2D eigenvalue weighted by Gasteiger charge is -2.11. The number of sulfonamides is 1. The summed E-state index contributed by atoms with van der Waals surface area (Å²) in [5.41, 5.74) is 6.91. The molecule has 0 radical (unpaired) electrons. The zero-order valence-electron chi connectivity index (χ0n) is 11.2. The van der Waals surface area contributed by atoms with Crippen LogP contribution in [0.15, 0.2) is 41.3 Å². The number of nitrogen functional groups attached to an aromatic ring is 1. The number of nitrogens with two attached hydrogens (primary N) is 1. The van der Waals surface area contributed by atoms with Gasteiger partial charge in [0.2, 0.25) is 0 Å². The van der Waals surface area contributed by atoms with Gasteiger partial charge in [-0.15, -0.1) is 0 Å². The van der Waals surface area contributed by atoms with Crippen molar-refractivity contribution < 1.29 is 12.8 Å². The molecular weight excluding hydrogens is 315 g/mol. The molecule has 2 aromatic carbocycles. The van der Waals surface area contributed by atoms with E-state index in [0.29, 0.717) is 5.69 Å². The molecule has 0 heterocycles. The van der Waals surface area contributed by atoms with E-state index in [9.17, 15) is 12.8 Å². The van der Waals surface area contributed by atoms with Crippen LogP contribution in [-0.2, 0) is 16.4 Å². The molecule has 0 atom stereocenters. The number of nitrogens with one attached hydrogen (secondary N) is 1. The van der Waals surface area contributed by atoms with E-state index in [1.807, 2.05) is 13.0 Å². The van der Waals surface area contributed by atoms with E-state index in [1.54, 1.807) is 18.2 Å². The first-order chi connectivity index (χ1) is 9.83. The second-order valence-corrected chi connectivity index (χ2v) is 6.53. The number of hydrogen-bond donors (Lipinski definition) is 2. The van der Waals surface area contributed by atoms with Crippen LogP contribution >= 0.6 is 11.6 Å². The molecule has 0 unspecified atom stereocenters. The van der Waals surface area contributed by atoms with Crippen molar-refractivity contribution in [2.24, 2.45) is 0 Å². The van der Waals surface area contributed by atoms with Crippen LogP contribution in [0.3, 0.4) is 0 Å². The molecule has 0 fully saturated rings. The molecule has 0 bridgehead atoms. The quantitative estimate of drug-likeness (QED) is 0.845. The van der Waals surface area contributed by atoms with Crippen molar-refractivity contribution in [3.8, 4) is 0 Å². The highest BCUT2D eigenvalue weighted by atomic mass is 35.5. The van der Waals surface area contributed by atoms with Crippen LogP contribution in [-0.4, -0.2) is 8.42 Å². The molecule has 21 heavy (non-hydrogen) atoms. The molecule has 0 aliphatic heterocycles. The fraction of sp³-hybridized carbons (Fsp3) is 0.143. The van der Waals surface area contributed by atoms with Crippen LogP contribution in [0.25, 0.3) is 0 Å². The molecule has 3 N–H and O–H groups in total. The molecule has 112 valence electrons. The summed E-state index contributed by atoms with van der Waals surface area (Å²) in [5, 5.41) is -0.335. The normalized spacial score (nSPS) is 11.4. The molecule has 0 saturated carbocycles. The van der Waals surface area contributed by atoms with Crippen LogP contribution in [0, 0.1) is 5.82 Å². The van der Waals surface area contributed by atoms with Gasteiger partial charge in [-0.2, -0.15) is 0 Å². The van der Waals surface area contributed by atoms with E-state index >= 15 is 0 Å². The lowest BCUT2D eigenvalue weighted by atomic mass is 10.1. The van der Waals surface area contributed by atoms with Crippen molar-refractivity contribution >= 4 is 33.0 Å². The summed E-state index contributed by atoms with van der Waals surface area (Å²) < 4.78 is 40.8. The molecule has 7 heteroatoms. The number of benzene rings is 2. The highest BCUT2D eigenvalue weighted by Gasteiger charge is 2.22. The first kappa shape index (κ1) is 15.6. The van der Waals surface area contributed by atoms with Gasteiger partial charge in [0.15, 0.2) is 5.82 Å². The molecule has 2 rings (SSSR count). The minimum atomic E-state index is -4.10. The zero-order valence-corrected chi connectivity index (χ0v) is 12.8. The molecular formula is C14H14ClFN2O2S. The van der Waals surface area contributed by atoms with Gasteiger partial charge in [-0.25, -0.2) is 12.8 Å². The first-order valence-electron chi connectivity index (χ1n) is 6.19. The second-order valence-electron chi connectivity index (χ2n) is 4.47. The number of hydrogen-bond acceptors (Lipinski definition) is 3. The Hall–Kier alpha value is -1.79. The molecule has 0 spiro atoms. The molecule has 0 saturated heterocycles. The topological polar surface area (TPSA) is 72.2 Å². The standard InChI is InChI=1S/C14H14ClFN2O2S/c1-2-9-4-3-5-11(6-9)18-21(19,20)13-8-10(17)7-12(15)14(13)16/h3-8,18H,2,17H2,1H3. The molecule has 2 aromatic rings. The maximum atomic E-state index is 13.9. The maximum absolute atomic E-state index is 13.9. The van der Waals surface area contributed by atoms with E-state index in [-0.39, 0.29) is 10.7 Å². The summed E-state index contributed by atoms with van der Waals surface area (Å²) in [7, 11) is -4.10. The number of aryl methyl sites for hydroxylation is 1. The Kier molecular flexibility index (Phi) is 4.39. The number of halogens is 2. The van der Waals surface area contributed by atoms with Gasteiger partial charge in [0.25, 0.3) is 10.0 Å². The Morgan fingerprint density at radius 1 is 1.29 bits per heavy atom. The third kappa shape index (κ3) is 3.46. The minimum Gasteiger partial charge on any atom is -0.399 e. The van der Waals surface area contributed by atoms with Gasteiger partial charge in [-0.05, 0) is 36.2 Å². The van der Waals surface area contributed by atoms with Crippen molar-refractivity contribution in [3.63, 3.8) is 0 Å². The Morgan fingerprint density at radius 2 is 2.00 bits per heavy atom. The average molecular weight is 329 g/mol. The van der Waals surface area contributed by atoms with Gasteiger partial charge < -0.3 is 5.73 Å². The van der Waals surface area contributed by atoms with Crippen LogP contribution in [0.5, 0.6) is 0 Å². The summed E-state index contributed by atoms with van der Waals surface area (Å²) in [6.45, 7) is 1.95. The summed E-state index contributed by atoms with van der Waals surface area (Å²) in [4.78, 5) is -0.575. The minimum absolute atomic E-state index is 0.0732. The Morgan fingerprint density at radius 3 is 2.67 bits per heavy atom. The van der Waals surface area contributed by atoms with Crippen LogP contribution < -0.4 is 10.5 Å². The number of anilines is 2. The van der Waals surface area contributed by atoms with Crippen molar-refractivity contribution in [2.45, 2.75) is 18.2 Å². The fourth-order valence-electron chi connectivity index (χ4n) is 1.84. The van der Waals surface area contributed by atoms with Crippen molar-refractivity contribution in [1.29, 1.82) is 0 Å². The van der Waals surface area contributed by atoms with Gasteiger partial charge in [0.1, 0.15) is 4.90 Å². The Bertz CT molecular complexity index is 779. The van der Waals surface area contributed by atoms with Crippen LogP contribution in [0.2, 0.25) is 5.02 Å². The summed E-state index contributed by atoms with van der Waals surface area (Å²) in [5.74, 6) is -1.02. The van der Waals surface area contributed by atoms with Gasteiger partial charge in [0.05, 0.1) is 5.02 Å². The second kappa shape index (κ2) is 5.91. The van der Waals surface area contributed by atoms with Gasteiger partial charge in [0, 0.05) is 11.4 Å². The summed E-state index contributed by atoms with van der Waals surface area (Å²) >= 11 is 5.63. The average Bonchev–Trinajstić information content (AvgIpc) is 2.42. The molecule has 0 aliphatic rings. The highest BCUT2D eigenvalue weighted by Crippen LogP contribution is 2.27. The first-order valence-corrected chi connectivity index (χ1v) is 8.06. The van der Waals surface area contributed by atoms with E-state index in [0.717, 1.165) is 24.1 Å². The maximum Gasteiger partial charge on any atom is 0.264 e. The number of rotatable bonds is 4. The molecule has 4 nitrogen and oxygen atoms in total. The Labute approximate surface area is 127 Å². The SMILES string of the molecule is CCc1cccc(NS(=O)(=O)c2cc(N)cc(Cl)c2F)c1. The Balaban J connectivity index is 2.43. The monoisotopic (exact) mass is 328 g/mol. The van der Waals surface area contributed by atoms with Crippen molar-refractivity contribution in [3.05, 3.63) is 52.8 Å². The summed E-state index contributed by atoms with van der Waals surface area (Å²) in [6, 6.07) is 9.06. The lowest BCUT2D eigenvalue weighted by Crippen LogP contribution is -2.15. The molecule has 0 aromatic heterocycles. The van der Waals surface area contributed by atoms with E-state index in [1.165, 1.54) is 0 Å². The lowest BCUT2D eigenvalue weighted by molar-refractivity contribution is 0.571. The molecule has 0 aliphatic carbocycles. The van der Waals surface area contributed by atoms with E-state index in [4.69, 9.17) is 17.3 Å². The van der Waals surface area contributed by atoms with Gasteiger partial charge in [-0.3, -0.25) is 4.72 Å². The van der Waals surface area contributed by atoms with Gasteiger partial charge >= 0.3 is 0 Å². The fourth-order valence-corrected chi connectivity index (χ4v) is 3.31.